The Morgan fingerprint density at radius 2 is 2.07 bits per heavy atom. The summed E-state index contributed by atoms with van der Waals surface area (Å²) in [4.78, 5) is 13.7. The molecule has 0 aromatic carbocycles. The van der Waals surface area contributed by atoms with E-state index in [9.17, 15) is 4.79 Å². The van der Waals surface area contributed by atoms with Crippen LogP contribution in [-0.4, -0.2) is 42.0 Å². The smallest absolute Gasteiger partial charge is 0.234 e. The van der Waals surface area contributed by atoms with Crippen LogP contribution in [0.1, 0.15) is 20.3 Å². The maximum absolute atomic E-state index is 11.3. The Hall–Kier alpha value is -0.680. The molecule has 0 radical (unpaired) electrons. The number of nitrogens with two attached hydrogens (primary N) is 1. The molecule has 0 rings (SSSR count). The molecule has 1 amide bonds. The van der Waals surface area contributed by atoms with Crippen molar-refractivity contribution in [3.8, 4) is 0 Å². The normalized spacial score (nSPS) is 10.2. The van der Waals surface area contributed by atoms with Crippen molar-refractivity contribution in [2.75, 3.05) is 26.2 Å². The number of carbonyl (C=O) groups is 1. The summed E-state index contributed by atoms with van der Waals surface area (Å²) in [6, 6.07) is 0. The van der Waals surface area contributed by atoms with E-state index in [0.29, 0.717) is 18.1 Å². The number of rotatable bonds is 7. The van der Waals surface area contributed by atoms with Gasteiger partial charge in [0.05, 0.1) is 11.5 Å². The van der Waals surface area contributed by atoms with Crippen molar-refractivity contribution in [3.05, 3.63) is 0 Å². The minimum Gasteiger partial charge on any atom is -0.392 e. The third kappa shape index (κ3) is 6.80. The van der Waals surface area contributed by atoms with Gasteiger partial charge in [-0.15, -0.1) is 0 Å². The average molecular weight is 217 g/mol. The number of hydrogen-bond acceptors (Lipinski definition) is 3. The van der Waals surface area contributed by atoms with Gasteiger partial charge < -0.3 is 11.1 Å². The van der Waals surface area contributed by atoms with Crippen LogP contribution in [0.15, 0.2) is 0 Å². The molecule has 5 heteroatoms. The molecular weight excluding hydrogens is 198 g/mol. The summed E-state index contributed by atoms with van der Waals surface area (Å²) in [6.45, 7) is 6.37. The molecule has 0 aliphatic rings. The quantitative estimate of drug-likeness (QED) is 0.595. The average Bonchev–Trinajstić information content (AvgIpc) is 2.12. The molecule has 0 fully saturated rings. The van der Waals surface area contributed by atoms with Gasteiger partial charge in [-0.05, 0) is 13.0 Å². The van der Waals surface area contributed by atoms with Gasteiger partial charge in [0.15, 0.2) is 0 Å². The largest absolute Gasteiger partial charge is 0.392 e. The summed E-state index contributed by atoms with van der Waals surface area (Å²) < 4.78 is 0. The number of likely N-dealkylation sites (N-methyl/N-ethyl adjacent to an activating group) is 1. The number of nitrogens with zero attached hydrogens (tertiary/aromatic N) is 1. The molecule has 0 saturated carbocycles. The zero-order chi connectivity index (χ0) is 11.0. The van der Waals surface area contributed by atoms with E-state index in [1.54, 1.807) is 0 Å². The Bertz CT molecular complexity index is 196. The first kappa shape index (κ1) is 13.3. The molecule has 0 spiro atoms. The van der Waals surface area contributed by atoms with Gasteiger partial charge >= 0.3 is 0 Å². The first-order valence-corrected chi connectivity index (χ1v) is 5.28. The Kier molecular flexibility index (Phi) is 7.32. The second-order valence-corrected chi connectivity index (χ2v) is 3.64. The van der Waals surface area contributed by atoms with Crippen LogP contribution in [0.5, 0.6) is 0 Å². The topological polar surface area (TPSA) is 58.4 Å². The minimum absolute atomic E-state index is 0.0324. The maximum atomic E-state index is 11.3. The Morgan fingerprint density at radius 1 is 1.43 bits per heavy atom. The van der Waals surface area contributed by atoms with E-state index in [1.807, 2.05) is 18.7 Å². The number of amides is 1. The SMILES string of the molecule is CCCNC(=O)CN(CC)CC(N)=S. The summed E-state index contributed by atoms with van der Waals surface area (Å²) in [6.07, 6.45) is 0.952. The molecule has 0 atom stereocenters. The lowest BCUT2D eigenvalue weighted by Crippen LogP contribution is -2.41. The highest BCUT2D eigenvalue weighted by Gasteiger charge is 2.08. The number of hydrogen-bond donors (Lipinski definition) is 2. The van der Waals surface area contributed by atoms with E-state index >= 15 is 0 Å². The van der Waals surface area contributed by atoms with Crippen molar-refractivity contribution >= 4 is 23.1 Å². The highest BCUT2D eigenvalue weighted by Crippen LogP contribution is 1.87. The molecule has 0 aromatic heterocycles. The Labute approximate surface area is 90.8 Å². The molecule has 0 unspecified atom stereocenters. The standard InChI is InChI=1S/C9H19N3OS/c1-3-5-11-9(13)7-12(4-2)6-8(10)14/h3-7H2,1-2H3,(H2,10,14)(H,11,13). The molecule has 0 aliphatic heterocycles. The van der Waals surface area contributed by atoms with Gasteiger partial charge in [-0.1, -0.05) is 26.1 Å². The molecule has 3 N–H and O–H groups in total. The predicted octanol–water partition coefficient (Wildman–Crippen LogP) is 0.121. The molecule has 0 aliphatic carbocycles. The monoisotopic (exact) mass is 217 g/mol. The van der Waals surface area contributed by atoms with Gasteiger partial charge in [-0.2, -0.15) is 0 Å². The van der Waals surface area contributed by atoms with Crippen LogP contribution in [0.25, 0.3) is 0 Å². The first-order valence-electron chi connectivity index (χ1n) is 4.87. The summed E-state index contributed by atoms with van der Waals surface area (Å²) in [5, 5.41) is 2.81. The fraction of sp³-hybridized carbons (Fsp3) is 0.778. The van der Waals surface area contributed by atoms with Crippen molar-refractivity contribution < 1.29 is 4.79 Å². The van der Waals surface area contributed by atoms with Crippen LogP contribution in [-0.2, 0) is 4.79 Å². The van der Waals surface area contributed by atoms with Crippen molar-refractivity contribution in [2.45, 2.75) is 20.3 Å². The summed E-state index contributed by atoms with van der Waals surface area (Å²) in [5.41, 5.74) is 5.40. The van der Waals surface area contributed by atoms with Crippen LogP contribution in [0.3, 0.4) is 0 Å². The zero-order valence-electron chi connectivity index (χ0n) is 8.88. The third-order valence-corrected chi connectivity index (χ3v) is 1.90. The molecule has 0 saturated heterocycles. The second kappa shape index (κ2) is 7.70. The van der Waals surface area contributed by atoms with Crippen molar-refractivity contribution in [1.82, 2.24) is 10.2 Å². The summed E-state index contributed by atoms with van der Waals surface area (Å²) in [5.74, 6) is 0.0324. The molecule has 0 heterocycles. The number of nitrogens with one attached hydrogen (secondary N) is 1. The fourth-order valence-corrected chi connectivity index (χ4v) is 1.21. The first-order chi connectivity index (χ1) is 6.60. The van der Waals surface area contributed by atoms with E-state index in [0.717, 1.165) is 19.5 Å². The van der Waals surface area contributed by atoms with Gasteiger partial charge in [-0.25, -0.2) is 0 Å². The van der Waals surface area contributed by atoms with Gasteiger partial charge in [-0.3, -0.25) is 9.69 Å². The molecular formula is C9H19N3OS. The van der Waals surface area contributed by atoms with Crippen molar-refractivity contribution in [1.29, 1.82) is 0 Å². The Morgan fingerprint density at radius 3 is 2.50 bits per heavy atom. The summed E-state index contributed by atoms with van der Waals surface area (Å²) in [7, 11) is 0. The highest BCUT2D eigenvalue weighted by molar-refractivity contribution is 7.80. The molecule has 82 valence electrons. The fourth-order valence-electron chi connectivity index (χ4n) is 1.02. The second-order valence-electron chi connectivity index (χ2n) is 3.12. The van der Waals surface area contributed by atoms with Crippen molar-refractivity contribution in [3.63, 3.8) is 0 Å². The molecule has 0 aromatic rings. The van der Waals surface area contributed by atoms with E-state index in [-0.39, 0.29) is 5.91 Å². The summed E-state index contributed by atoms with van der Waals surface area (Å²) >= 11 is 4.78. The lowest BCUT2D eigenvalue weighted by Gasteiger charge is -2.18. The van der Waals surface area contributed by atoms with E-state index in [2.05, 4.69) is 5.32 Å². The van der Waals surface area contributed by atoms with E-state index in [4.69, 9.17) is 18.0 Å². The lowest BCUT2D eigenvalue weighted by atomic mass is 10.4. The van der Waals surface area contributed by atoms with E-state index < -0.39 is 0 Å². The van der Waals surface area contributed by atoms with Crippen LogP contribution < -0.4 is 11.1 Å². The van der Waals surface area contributed by atoms with Crippen LogP contribution >= 0.6 is 12.2 Å². The van der Waals surface area contributed by atoms with Gasteiger partial charge in [0.2, 0.25) is 5.91 Å². The highest BCUT2D eigenvalue weighted by atomic mass is 32.1. The van der Waals surface area contributed by atoms with Gasteiger partial charge in [0.1, 0.15) is 0 Å². The molecule has 0 bridgehead atoms. The van der Waals surface area contributed by atoms with Gasteiger partial charge in [0.25, 0.3) is 0 Å². The minimum atomic E-state index is 0.0324. The van der Waals surface area contributed by atoms with Crippen LogP contribution in [0.4, 0.5) is 0 Å². The maximum Gasteiger partial charge on any atom is 0.234 e. The third-order valence-electron chi connectivity index (χ3n) is 1.77. The van der Waals surface area contributed by atoms with Gasteiger partial charge in [0, 0.05) is 13.1 Å². The number of thiocarbonyl (C=S) groups is 1. The molecule has 4 nitrogen and oxygen atoms in total. The predicted molar refractivity (Wildman–Crippen MR) is 62.2 cm³/mol. The van der Waals surface area contributed by atoms with Crippen molar-refractivity contribution in [2.24, 2.45) is 5.73 Å². The van der Waals surface area contributed by atoms with E-state index in [1.165, 1.54) is 0 Å². The number of carbonyl (C=O) groups excluding carboxylic acids is 1. The van der Waals surface area contributed by atoms with Crippen LogP contribution in [0, 0.1) is 0 Å². The molecule has 14 heavy (non-hydrogen) atoms. The lowest BCUT2D eigenvalue weighted by molar-refractivity contribution is -0.122. The zero-order valence-corrected chi connectivity index (χ0v) is 9.69. The van der Waals surface area contributed by atoms with Crippen LogP contribution in [0.2, 0.25) is 0 Å². The Balaban J connectivity index is 3.80.